The second kappa shape index (κ2) is 4.58. The van der Waals surface area contributed by atoms with Crippen LogP contribution in [0, 0.1) is 0 Å². The molecule has 0 atom stereocenters. The zero-order chi connectivity index (χ0) is 14.2. The molecule has 0 aliphatic rings. The molecule has 4 nitrogen and oxygen atoms in total. The first-order chi connectivity index (χ1) is 8.80. The van der Waals surface area contributed by atoms with E-state index >= 15 is 0 Å². The van der Waals surface area contributed by atoms with Crippen LogP contribution in [0.25, 0.3) is 5.69 Å². The lowest BCUT2D eigenvalue weighted by Crippen LogP contribution is -2.34. The van der Waals surface area contributed by atoms with E-state index in [0.29, 0.717) is 4.57 Å². The third-order valence-corrected chi connectivity index (χ3v) is 2.55. The molecule has 8 heteroatoms. The van der Waals surface area contributed by atoms with Crippen LogP contribution in [0.1, 0.15) is 5.56 Å². The monoisotopic (exact) mass is 290 g/mol. The maximum absolute atomic E-state index is 12.8. The van der Waals surface area contributed by atoms with Crippen LogP contribution < -0.4 is 11.2 Å². The van der Waals surface area contributed by atoms with Crippen molar-refractivity contribution in [2.24, 2.45) is 0 Å². The Labute approximate surface area is 109 Å². The van der Waals surface area contributed by atoms with E-state index in [-0.39, 0.29) is 5.15 Å². The molecule has 0 saturated heterocycles. The van der Waals surface area contributed by atoms with Gasteiger partial charge in [0.2, 0.25) is 0 Å². The van der Waals surface area contributed by atoms with E-state index in [2.05, 4.69) is 4.98 Å². The number of alkyl halides is 3. The maximum atomic E-state index is 12.8. The van der Waals surface area contributed by atoms with E-state index < -0.39 is 28.7 Å². The van der Waals surface area contributed by atoms with Crippen molar-refractivity contribution in [1.29, 1.82) is 0 Å². The van der Waals surface area contributed by atoms with E-state index in [4.69, 9.17) is 11.6 Å². The van der Waals surface area contributed by atoms with E-state index in [0.717, 1.165) is 18.2 Å². The third kappa shape index (κ3) is 2.55. The minimum Gasteiger partial charge on any atom is -0.297 e. The Morgan fingerprint density at radius 1 is 1.16 bits per heavy atom. The molecular formula is C11H6ClF3N2O2. The van der Waals surface area contributed by atoms with Crippen LogP contribution in [0.15, 0.2) is 39.9 Å². The molecule has 1 aromatic heterocycles. The van der Waals surface area contributed by atoms with Crippen LogP contribution in [0.5, 0.6) is 0 Å². The Hall–Kier alpha value is -2.02. The molecule has 0 bridgehead atoms. The van der Waals surface area contributed by atoms with Gasteiger partial charge in [0.1, 0.15) is 5.15 Å². The summed E-state index contributed by atoms with van der Waals surface area (Å²) in [7, 11) is 0. The summed E-state index contributed by atoms with van der Waals surface area (Å²) in [5.41, 5.74) is -3.59. The topological polar surface area (TPSA) is 54.9 Å². The SMILES string of the molecule is O=c1cc(Cl)[nH]c(=O)n1-c1ccccc1C(F)(F)F. The van der Waals surface area contributed by atoms with E-state index in [1.807, 2.05) is 0 Å². The quantitative estimate of drug-likeness (QED) is 0.819. The van der Waals surface area contributed by atoms with E-state index in [9.17, 15) is 22.8 Å². The third-order valence-electron chi connectivity index (χ3n) is 2.35. The number of halogens is 4. The largest absolute Gasteiger partial charge is 0.418 e. The van der Waals surface area contributed by atoms with E-state index in [1.165, 1.54) is 12.1 Å². The Morgan fingerprint density at radius 2 is 1.79 bits per heavy atom. The molecule has 0 fully saturated rings. The molecule has 0 radical (unpaired) electrons. The fraction of sp³-hybridized carbons (Fsp3) is 0.0909. The fourth-order valence-electron chi connectivity index (χ4n) is 1.60. The highest BCUT2D eigenvalue weighted by Crippen LogP contribution is 2.32. The van der Waals surface area contributed by atoms with Crippen LogP contribution >= 0.6 is 11.6 Å². The van der Waals surface area contributed by atoms with Crippen molar-refractivity contribution in [1.82, 2.24) is 9.55 Å². The summed E-state index contributed by atoms with van der Waals surface area (Å²) in [5, 5.41) is -0.240. The highest BCUT2D eigenvalue weighted by atomic mass is 35.5. The van der Waals surface area contributed by atoms with E-state index in [1.54, 1.807) is 0 Å². The fourth-order valence-corrected chi connectivity index (χ4v) is 1.78. The van der Waals surface area contributed by atoms with Gasteiger partial charge in [0.25, 0.3) is 5.56 Å². The molecule has 0 amide bonds. The summed E-state index contributed by atoms with van der Waals surface area (Å²) < 4.78 is 38.9. The van der Waals surface area contributed by atoms with Crippen molar-refractivity contribution in [3.63, 3.8) is 0 Å². The molecule has 19 heavy (non-hydrogen) atoms. The summed E-state index contributed by atoms with van der Waals surface area (Å²) in [5.74, 6) is 0. The second-order valence-corrected chi connectivity index (χ2v) is 4.02. The predicted octanol–water partition coefficient (Wildman–Crippen LogP) is 2.20. The van der Waals surface area contributed by atoms with Crippen molar-refractivity contribution in [2.75, 3.05) is 0 Å². The van der Waals surface area contributed by atoms with Crippen molar-refractivity contribution >= 4 is 11.6 Å². The summed E-state index contributed by atoms with van der Waals surface area (Å²) in [4.78, 5) is 25.3. The van der Waals surface area contributed by atoms with Gasteiger partial charge in [-0.05, 0) is 12.1 Å². The van der Waals surface area contributed by atoms with Crippen LogP contribution in [-0.2, 0) is 6.18 Å². The van der Waals surface area contributed by atoms with Crippen LogP contribution in [-0.4, -0.2) is 9.55 Å². The molecule has 2 aromatic rings. The number of benzene rings is 1. The first-order valence-electron chi connectivity index (χ1n) is 4.99. The van der Waals surface area contributed by atoms with Gasteiger partial charge in [0.15, 0.2) is 0 Å². The molecule has 0 unspecified atom stereocenters. The number of aromatic amines is 1. The van der Waals surface area contributed by atoms with Crippen molar-refractivity contribution in [2.45, 2.75) is 6.18 Å². The molecule has 2 rings (SSSR count). The minimum absolute atomic E-state index is 0.240. The molecular weight excluding hydrogens is 285 g/mol. The summed E-state index contributed by atoms with van der Waals surface area (Å²) in [6, 6.07) is 5.12. The zero-order valence-corrected chi connectivity index (χ0v) is 9.92. The predicted molar refractivity (Wildman–Crippen MR) is 62.7 cm³/mol. The van der Waals surface area contributed by atoms with Crippen molar-refractivity contribution < 1.29 is 13.2 Å². The number of hydrogen-bond acceptors (Lipinski definition) is 2. The van der Waals surface area contributed by atoms with Crippen LogP contribution in [0.4, 0.5) is 13.2 Å². The average molecular weight is 291 g/mol. The van der Waals surface area contributed by atoms with Crippen LogP contribution in [0.2, 0.25) is 5.15 Å². The minimum atomic E-state index is -4.68. The summed E-state index contributed by atoms with van der Waals surface area (Å²) in [6.07, 6.45) is -4.68. The second-order valence-electron chi connectivity index (χ2n) is 3.61. The number of rotatable bonds is 1. The highest BCUT2D eigenvalue weighted by molar-refractivity contribution is 6.29. The summed E-state index contributed by atoms with van der Waals surface area (Å²) >= 11 is 5.45. The molecule has 1 heterocycles. The van der Waals surface area contributed by atoms with Gasteiger partial charge in [-0.25, -0.2) is 9.36 Å². The number of nitrogens with one attached hydrogen (secondary N) is 1. The normalized spacial score (nSPS) is 11.6. The van der Waals surface area contributed by atoms with Gasteiger partial charge in [-0.1, -0.05) is 23.7 Å². The number of H-pyrrole nitrogens is 1. The Morgan fingerprint density at radius 3 is 2.37 bits per heavy atom. The first-order valence-corrected chi connectivity index (χ1v) is 5.37. The van der Waals surface area contributed by atoms with Crippen molar-refractivity contribution in [3.05, 3.63) is 61.9 Å². The van der Waals surface area contributed by atoms with Gasteiger partial charge >= 0.3 is 11.9 Å². The lowest BCUT2D eigenvalue weighted by molar-refractivity contribution is -0.137. The first kappa shape index (κ1) is 13.4. The lowest BCUT2D eigenvalue weighted by Gasteiger charge is -2.13. The van der Waals surface area contributed by atoms with Crippen LogP contribution in [0.3, 0.4) is 0 Å². The number of nitrogens with zero attached hydrogens (tertiary/aromatic N) is 1. The van der Waals surface area contributed by atoms with Gasteiger partial charge in [-0.3, -0.25) is 9.78 Å². The molecule has 1 N–H and O–H groups in total. The lowest BCUT2D eigenvalue weighted by atomic mass is 10.1. The van der Waals surface area contributed by atoms with Gasteiger partial charge in [-0.15, -0.1) is 0 Å². The standard InChI is InChI=1S/C11H6ClF3N2O2/c12-8-5-9(18)17(10(19)16-8)7-4-2-1-3-6(7)11(13,14)15/h1-5H,(H,16,19). The maximum Gasteiger partial charge on any atom is 0.418 e. The highest BCUT2D eigenvalue weighted by Gasteiger charge is 2.34. The molecule has 0 aliphatic carbocycles. The van der Waals surface area contributed by atoms with Gasteiger partial charge in [-0.2, -0.15) is 13.2 Å². The Kier molecular flexibility index (Phi) is 3.23. The molecule has 100 valence electrons. The Balaban J connectivity index is 2.82. The Bertz CT molecular complexity index is 702. The average Bonchev–Trinajstić information content (AvgIpc) is 2.26. The number of para-hydroxylation sites is 1. The van der Waals surface area contributed by atoms with Gasteiger partial charge in [0.05, 0.1) is 11.3 Å². The summed E-state index contributed by atoms with van der Waals surface area (Å²) in [6.45, 7) is 0. The van der Waals surface area contributed by atoms with Gasteiger partial charge in [0, 0.05) is 6.07 Å². The smallest absolute Gasteiger partial charge is 0.297 e. The number of aromatic nitrogens is 2. The molecule has 0 aliphatic heterocycles. The molecule has 0 saturated carbocycles. The molecule has 1 aromatic carbocycles. The zero-order valence-electron chi connectivity index (χ0n) is 9.16. The van der Waals surface area contributed by atoms with Crippen molar-refractivity contribution in [3.8, 4) is 5.69 Å². The van der Waals surface area contributed by atoms with Gasteiger partial charge < -0.3 is 0 Å². The molecule has 0 spiro atoms. The number of hydrogen-bond donors (Lipinski definition) is 1.